The van der Waals surface area contributed by atoms with E-state index in [1.54, 1.807) is 13.0 Å². The first kappa shape index (κ1) is 17.2. The molecular formula is C19H19N5O3. The maximum atomic E-state index is 12.1. The average Bonchev–Trinajstić information content (AvgIpc) is 3.03. The zero-order valence-corrected chi connectivity index (χ0v) is 14.9. The molecule has 0 aliphatic carbocycles. The van der Waals surface area contributed by atoms with Crippen molar-refractivity contribution in [1.29, 1.82) is 0 Å². The largest absolute Gasteiger partial charge is 0.351 e. The van der Waals surface area contributed by atoms with Gasteiger partial charge in [0.1, 0.15) is 0 Å². The normalized spacial score (nSPS) is 12.6. The summed E-state index contributed by atoms with van der Waals surface area (Å²) in [5.41, 5.74) is 3.85. The van der Waals surface area contributed by atoms with Gasteiger partial charge >= 0.3 is 0 Å². The van der Waals surface area contributed by atoms with Gasteiger partial charge in [0.15, 0.2) is 0 Å². The Bertz CT molecular complexity index is 1180. The minimum absolute atomic E-state index is 0.217. The van der Waals surface area contributed by atoms with Crippen LogP contribution in [0.5, 0.6) is 0 Å². The third-order valence-corrected chi connectivity index (χ3v) is 4.29. The smallest absolute Gasteiger partial charge is 0.272 e. The monoisotopic (exact) mass is 365 g/mol. The third-order valence-electron chi connectivity index (χ3n) is 4.29. The highest BCUT2D eigenvalue weighted by Gasteiger charge is 2.12. The second-order valence-electron chi connectivity index (χ2n) is 6.22. The number of aryl methyl sites for hydroxylation is 1. The van der Waals surface area contributed by atoms with Gasteiger partial charge in [-0.2, -0.15) is 5.10 Å². The van der Waals surface area contributed by atoms with Crippen LogP contribution in [0.25, 0.3) is 33.1 Å². The number of hydrogen-bond acceptors (Lipinski definition) is 6. The Morgan fingerprint density at radius 2 is 2.07 bits per heavy atom. The van der Waals surface area contributed by atoms with Crippen LogP contribution in [0.4, 0.5) is 5.95 Å². The lowest BCUT2D eigenvalue weighted by molar-refractivity contribution is -0.0734. The molecule has 27 heavy (non-hydrogen) atoms. The van der Waals surface area contributed by atoms with Crippen LogP contribution in [-0.2, 0) is 4.74 Å². The molecule has 1 unspecified atom stereocenters. The SMILES string of the molecule is CCOC(O)Nc1nc2cc(-c3n[nH]c(=O)c4ccc(C)cc34)ccc2[nH]1. The summed E-state index contributed by atoms with van der Waals surface area (Å²) < 4.78 is 5.05. The molecule has 138 valence electrons. The molecule has 0 radical (unpaired) electrons. The minimum atomic E-state index is -1.14. The summed E-state index contributed by atoms with van der Waals surface area (Å²) in [5, 5.41) is 20.6. The van der Waals surface area contributed by atoms with E-state index in [-0.39, 0.29) is 5.56 Å². The highest BCUT2D eigenvalue weighted by molar-refractivity contribution is 5.96. The van der Waals surface area contributed by atoms with E-state index in [0.29, 0.717) is 29.2 Å². The van der Waals surface area contributed by atoms with E-state index in [4.69, 9.17) is 4.74 Å². The summed E-state index contributed by atoms with van der Waals surface area (Å²) in [7, 11) is 0. The summed E-state index contributed by atoms with van der Waals surface area (Å²) in [5.74, 6) is 0.401. The molecular weight excluding hydrogens is 346 g/mol. The lowest BCUT2D eigenvalue weighted by atomic mass is 10.0. The molecule has 2 aromatic heterocycles. The van der Waals surface area contributed by atoms with Crippen molar-refractivity contribution in [1.82, 2.24) is 20.2 Å². The number of aliphatic hydroxyl groups excluding tert-OH is 1. The number of benzene rings is 2. The zero-order chi connectivity index (χ0) is 19.0. The molecule has 2 aromatic carbocycles. The molecule has 4 rings (SSSR count). The predicted molar refractivity (Wildman–Crippen MR) is 103 cm³/mol. The maximum Gasteiger partial charge on any atom is 0.272 e. The molecule has 2 heterocycles. The van der Waals surface area contributed by atoms with Gasteiger partial charge in [0.2, 0.25) is 12.4 Å². The third kappa shape index (κ3) is 3.27. The Morgan fingerprint density at radius 1 is 1.22 bits per heavy atom. The fourth-order valence-corrected chi connectivity index (χ4v) is 3.04. The van der Waals surface area contributed by atoms with Crippen LogP contribution in [0.15, 0.2) is 41.2 Å². The molecule has 4 N–H and O–H groups in total. The average molecular weight is 365 g/mol. The number of nitrogens with one attached hydrogen (secondary N) is 3. The first-order valence-corrected chi connectivity index (χ1v) is 8.60. The maximum absolute atomic E-state index is 12.1. The molecule has 4 aromatic rings. The summed E-state index contributed by atoms with van der Waals surface area (Å²) in [6.45, 7) is 4.14. The number of imidazole rings is 1. The number of fused-ring (bicyclic) bond motifs is 2. The number of hydrogen-bond donors (Lipinski definition) is 4. The Hall–Kier alpha value is -3.23. The van der Waals surface area contributed by atoms with Crippen molar-refractivity contribution in [2.45, 2.75) is 20.3 Å². The Morgan fingerprint density at radius 3 is 2.89 bits per heavy atom. The molecule has 0 amide bonds. The van der Waals surface area contributed by atoms with Gasteiger partial charge in [-0.1, -0.05) is 17.7 Å². The van der Waals surface area contributed by atoms with E-state index in [9.17, 15) is 9.90 Å². The number of rotatable bonds is 5. The van der Waals surface area contributed by atoms with E-state index in [1.807, 2.05) is 37.3 Å². The van der Waals surface area contributed by atoms with Gasteiger partial charge < -0.3 is 20.1 Å². The van der Waals surface area contributed by atoms with Crippen molar-refractivity contribution in [3.05, 3.63) is 52.3 Å². The predicted octanol–water partition coefficient (Wildman–Crippen LogP) is 2.50. The van der Waals surface area contributed by atoms with Gasteiger partial charge in [0, 0.05) is 17.6 Å². The first-order chi connectivity index (χ1) is 13.0. The second kappa shape index (κ2) is 6.82. The van der Waals surface area contributed by atoms with Crippen LogP contribution in [0.3, 0.4) is 0 Å². The van der Waals surface area contributed by atoms with Gasteiger partial charge in [-0.3, -0.25) is 4.79 Å². The Balaban J connectivity index is 1.79. The molecule has 0 fully saturated rings. The molecule has 0 spiro atoms. The van der Waals surface area contributed by atoms with Gasteiger partial charge in [-0.25, -0.2) is 10.1 Å². The Kier molecular flexibility index (Phi) is 4.35. The van der Waals surface area contributed by atoms with Gasteiger partial charge in [-0.05, 0) is 38.1 Å². The van der Waals surface area contributed by atoms with E-state index in [1.165, 1.54) is 0 Å². The fourth-order valence-electron chi connectivity index (χ4n) is 3.04. The molecule has 1 atom stereocenters. The summed E-state index contributed by atoms with van der Waals surface area (Å²) in [4.78, 5) is 19.6. The zero-order valence-electron chi connectivity index (χ0n) is 14.9. The van der Waals surface area contributed by atoms with Gasteiger partial charge in [0.25, 0.3) is 5.56 Å². The second-order valence-corrected chi connectivity index (χ2v) is 6.22. The van der Waals surface area contributed by atoms with Gasteiger partial charge in [0.05, 0.1) is 22.1 Å². The number of aliphatic hydroxyl groups is 1. The van der Waals surface area contributed by atoms with E-state index in [0.717, 1.165) is 22.0 Å². The highest BCUT2D eigenvalue weighted by atomic mass is 16.6. The molecule has 0 saturated heterocycles. The van der Waals surface area contributed by atoms with E-state index >= 15 is 0 Å². The molecule has 0 bridgehead atoms. The van der Waals surface area contributed by atoms with Crippen molar-refractivity contribution in [3.63, 3.8) is 0 Å². The van der Waals surface area contributed by atoms with E-state index in [2.05, 4.69) is 25.5 Å². The van der Waals surface area contributed by atoms with Gasteiger partial charge in [-0.15, -0.1) is 0 Å². The van der Waals surface area contributed by atoms with Crippen molar-refractivity contribution >= 4 is 27.8 Å². The number of aromatic nitrogens is 4. The molecule has 0 aliphatic heterocycles. The van der Waals surface area contributed by atoms with Crippen LogP contribution < -0.4 is 10.9 Å². The quantitative estimate of drug-likeness (QED) is 0.404. The topological polar surface area (TPSA) is 116 Å². The molecule has 0 saturated carbocycles. The van der Waals surface area contributed by atoms with Crippen LogP contribution >= 0.6 is 0 Å². The lowest BCUT2D eigenvalue weighted by Crippen LogP contribution is -2.22. The first-order valence-electron chi connectivity index (χ1n) is 8.60. The summed E-state index contributed by atoms with van der Waals surface area (Å²) in [6.07, 6.45) is -1.14. The highest BCUT2D eigenvalue weighted by Crippen LogP contribution is 2.28. The van der Waals surface area contributed by atoms with Crippen LogP contribution in [0.1, 0.15) is 12.5 Å². The number of anilines is 1. The van der Waals surface area contributed by atoms with Crippen molar-refractivity contribution in [2.75, 3.05) is 11.9 Å². The van der Waals surface area contributed by atoms with Crippen molar-refractivity contribution < 1.29 is 9.84 Å². The molecule has 8 heteroatoms. The van der Waals surface area contributed by atoms with Crippen LogP contribution in [0, 0.1) is 6.92 Å². The number of nitrogens with zero attached hydrogens (tertiary/aromatic N) is 2. The van der Waals surface area contributed by atoms with Crippen molar-refractivity contribution in [3.8, 4) is 11.3 Å². The number of aromatic amines is 2. The summed E-state index contributed by atoms with van der Waals surface area (Å²) in [6, 6.07) is 11.3. The molecule has 0 aliphatic rings. The van der Waals surface area contributed by atoms with Crippen molar-refractivity contribution in [2.24, 2.45) is 0 Å². The summed E-state index contributed by atoms with van der Waals surface area (Å²) >= 11 is 0. The fraction of sp³-hybridized carbons (Fsp3) is 0.211. The molecule has 8 nitrogen and oxygen atoms in total. The standard InChI is InChI=1S/C19H19N5O3/c1-3-27-19(26)22-18-20-14-7-5-11(9-15(14)21-18)16-13-8-10(2)4-6-12(13)17(25)24-23-16/h4-9,19,26H,3H2,1-2H3,(H,24,25)(H2,20,21,22). The number of H-pyrrole nitrogens is 2. The van der Waals surface area contributed by atoms with Crippen LogP contribution in [-0.4, -0.2) is 38.3 Å². The van der Waals surface area contributed by atoms with Crippen LogP contribution in [0.2, 0.25) is 0 Å². The minimum Gasteiger partial charge on any atom is -0.351 e. The van der Waals surface area contributed by atoms with E-state index < -0.39 is 6.41 Å². The number of ether oxygens (including phenoxy) is 1. The lowest BCUT2D eigenvalue weighted by Gasteiger charge is -2.10. The Labute approximate surface area is 154 Å².